The van der Waals surface area contributed by atoms with Crippen molar-refractivity contribution in [2.45, 2.75) is 25.3 Å². The summed E-state index contributed by atoms with van der Waals surface area (Å²) in [6.45, 7) is 0.429. The molecule has 6 heteroatoms. The van der Waals surface area contributed by atoms with Crippen molar-refractivity contribution in [3.8, 4) is 0 Å². The highest BCUT2D eigenvalue weighted by molar-refractivity contribution is 7.88. The van der Waals surface area contributed by atoms with E-state index < -0.39 is 10.0 Å². The normalized spacial score (nSPS) is 17.7. The third kappa shape index (κ3) is 3.58. The second-order valence-corrected chi connectivity index (χ2v) is 5.78. The monoisotopic (exact) mass is 222 g/mol. The van der Waals surface area contributed by atoms with E-state index in [1.165, 1.54) is 10.6 Å². The van der Waals surface area contributed by atoms with Crippen molar-refractivity contribution in [1.82, 2.24) is 4.31 Å². The van der Waals surface area contributed by atoms with Crippen molar-refractivity contribution in [2.24, 2.45) is 5.73 Å². The zero-order chi connectivity index (χ0) is 10.1. The summed E-state index contributed by atoms with van der Waals surface area (Å²) < 4.78 is 24.0. The molecule has 0 aromatic carbocycles. The van der Waals surface area contributed by atoms with E-state index in [1.807, 2.05) is 0 Å². The molecule has 1 fully saturated rings. The van der Waals surface area contributed by atoms with Crippen molar-refractivity contribution >= 4 is 27.2 Å². The van der Waals surface area contributed by atoms with Gasteiger partial charge in [-0.25, -0.2) is 8.42 Å². The maximum Gasteiger partial charge on any atom is 0.211 e. The third-order valence-corrected chi connectivity index (χ3v) is 3.50. The van der Waals surface area contributed by atoms with Crippen LogP contribution in [0.3, 0.4) is 0 Å². The van der Waals surface area contributed by atoms with Crippen LogP contribution in [-0.4, -0.2) is 36.6 Å². The summed E-state index contributed by atoms with van der Waals surface area (Å²) in [5.74, 6) is 0. The molecule has 0 heterocycles. The largest absolute Gasteiger partial charge is 0.393 e. The highest BCUT2D eigenvalue weighted by Crippen LogP contribution is 2.28. The van der Waals surface area contributed by atoms with Gasteiger partial charge in [0.05, 0.1) is 11.2 Å². The van der Waals surface area contributed by atoms with Crippen molar-refractivity contribution in [1.29, 1.82) is 0 Å². The summed E-state index contributed by atoms with van der Waals surface area (Å²) in [5.41, 5.74) is 5.31. The van der Waals surface area contributed by atoms with Crippen LogP contribution >= 0.6 is 12.2 Å². The number of nitrogens with zero attached hydrogens (tertiary/aromatic N) is 1. The van der Waals surface area contributed by atoms with Crippen LogP contribution in [-0.2, 0) is 10.0 Å². The predicted octanol–water partition coefficient (Wildman–Crippen LogP) is 0.0866. The molecule has 1 saturated carbocycles. The fourth-order valence-corrected chi connectivity index (χ4v) is 2.47. The highest BCUT2D eigenvalue weighted by atomic mass is 32.2. The van der Waals surface area contributed by atoms with Gasteiger partial charge in [-0.1, -0.05) is 12.2 Å². The van der Waals surface area contributed by atoms with E-state index in [-0.39, 0.29) is 6.04 Å². The molecule has 1 rings (SSSR count). The van der Waals surface area contributed by atoms with Gasteiger partial charge in [-0.3, -0.25) is 0 Å². The molecule has 76 valence electrons. The van der Waals surface area contributed by atoms with Gasteiger partial charge in [-0.2, -0.15) is 4.31 Å². The smallest absolute Gasteiger partial charge is 0.211 e. The second-order valence-electron chi connectivity index (χ2n) is 3.32. The fourth-order valence-electron chi connectivity index (χ4n) is 1.20. The van der Waals surface area contributed by atoms with Crippen molar-refractivity contribution < 1.29 is 8.42 Å². The van der Waals surface area contributed by atoms with Crippen LogP contribution in [0.5, 0.6) is 0 Å². The standard InChI is InChI=1S/C7H14N2O2S2/c1-13(10,11)9(6-2-3-6)5-4-7(8)12/h6H,2-5H2,1H3,(H2,8,12). The zero-order valence-corrected chi connectivity index (χ0v) is 9.20. The van der Waals surface area contributed by atoms with Gasteiger partial charge in [-0.15, -0.1) is 0 Å². The second kappa shape index (κ2) is 3.89. The molecule has 0 aliphatic heterocycles. The molecule has 0 saturated heterocycles. The molecule has 1 aliphatic rings. The van der Waals surface area contributed by atoms with E-state index in [0.717, 1.165) is 12.8 Å². The summed E-state index contributed by atoms with van der Waals surface area (Å²) in [6, 6.07) is 0.198. The van der Waals surface area contributed by atoms with Crippen LogP contribution in [0.25, 0.3) is 0 Å². The zero-order valence-electron chi connectivity index (χ0n) is 7.56. The first kappa shape index (κ1) is 10.9. The Bertz CT molecular complexity index is 296. The molecule has 1 aliphatic carbocycles. The SMILES string of the molecule is CS(=O)(=O)N(CCC(N)=S)C1CC1. The Morgan fingerprint density at radius 3 is 2.46 bits per heavy atom. The van der Waals surface area contributed by atoms with E-state index in [4.69, 9.17) is 18.0 Å². The molecule has 0 aromatic rings. The number of rotatable bonds is 5. The van der Waals surface area contributed by atoms with Crippen LogP contribution in [0, 0.1) is 0 Å². The molecule has 0 atom stereocenters. The maximum absolute atomic E-state index is 11.3. The number of sulfonamides is 1. The van der Waals surface area contributed by atoms with Crippen LogP contribution in [0.15, 0.2) is 0 Å². The molecule has 0 amide bonds. The summed E-state index contributed by atoms with van der Waals surface area (Å²) in [6.07, 6.45) is 3.62. The van der Waals surface area contributed by atoms with Crippen molar-refractivity contribution in [2.75, 3.05) is 12.8 Å². The minimum Gasteiger partial charge on any atom is -0.393 e. The molecule has 13 heavy (non-hydrogen) atoms. The molecule has 4 nitrogen and oxygen atoms in total. The lowest BCUT2D eigenvalue weighted by Crippen LogP contribution is -2.34. The Morgan fingerprint density at radius 2 is 2.15 bits per heavy atom. The van der Waals surface area contributed by atoms with Gasteiger partial charge in [0.15, 0.2) is 0 Å². The van der Waals surface area contributed by atoms with Gasteiger partial charge in [0.25, 0.3) is 0 Å². The van der Waals surface area contributed by atoms with E-state index in [2.05, 4.69) is 0 Å². The first-order valence-electron chi connectivity index (χ1n) is 4.16. The van der Waals surface area contributed by atoms with Crippen LogP contribution in [0.1, 0.15) is 19.3 Å². The van der Waals surface area contributed by atoms with Crippen molar-refractivity contribution in [3.63, 3.8) is 0 Å². The minimum atomic E-state index is -3.08. The van der Waals surface area contributed by atoms with E-state index >= 15 is 0 Å². The first-order chi connectivity index (χ1) is 5.91. The lowest BCUT2D eigenvalue weighted by atomic mass is 10.4. The topological polar surface area (TPSA) is 63.4 Å². The molecular formula is C7H14N2O2S2. The third-order valence-electron chi connectivity index (χ3n) is 1.96. The van der Waals surface area contributed by atoms with E-state index in [0.29, 0.717) is 18.0 Å². The average Bonchev–Trinajstić information content (AvgIpc) is 2.67. The van der Waals surface area contributed by atoms with E-state index in [9.17, 15) is 8.42 Å². The molecule has 0 bridgehead atoms. The van der Waals surface area contributed by atoms with Gasteiger partial charge in [-0.05, 0) is 12.8 Å². The molecule has 0 aromatic heterocycles. The lowest BCUT2D eigenvalue weighted by Gasteiger charge is -2.18. The summed E-state index contributed by atoms with van der Waals surface area (Å²) in [7, 11) is -3.08. The first-order valence-corrected chi connectivity index (χ1v) is 6.42. The van der Waals surface area contributed by atoms with Crippen LogP contribution in [0.2, 0.25) is 0 Å². The van der Waals surface area contributed by atoms with Crippen LogP contribution in [0.4, 0.5) is 0 Å². The maximum atomic E-state index is 11.3. The number of thiocarbonyl (C=S) groups is 1. The van der Waals surface area contributed by atoms with Crippen LogP contribution < -0.4 is 5.73 Å². The summed E-state index contributed by atoms with van der Waals surface area (Å²) in [5, 5.41) is 0. The van der Waals surface area contributed by atoms with Gasteiger partial charge < -0.3 is 5.73 Å². The fraction of sp³-hybridized carbons (Fsp3) is 0.857. The minimum absolute atomic E-state index is 0.198. The Morgan fingerprint density at radius 1 is 1.62 bits per heavy atom. The quantitative estimate of drug-likeness (QED) is 0.669. The molecule has 0 unspecified atom stereocenters. The van der Waals surface area contributed by atoms with Gasteiger partial charge in [0.2, 0.25) is 10.0 Å². The molecular weight excluding hydrogens is 208 g/mol. The van der Waals surface area contributed by atoms with Gasteiger partial charge in [0.1, 0.15) is 0 Å². The van der Waals surface area contributed by atoms with Gasteiger partial charge in [0, 0.05) is 19.0 Å². The Hall–Kier alpha value is -0.200. The summed E-state index contributed by atoms with van der Waals surface area (Å²) in [4.78, 5) is 0.370. The molecule has 2 N–H and O–H groups in total. The summed E-state index contributed by atoms with van der Waals surface area (Å²) >= 11 is 4.70. The predicted molar refractivity (Wildman–Crippen MR) is 56.0 cm³/mol. The number of nitrogens with two attached hydrogens (primary N) is 1. The van der Waals surface area contributed by atoms with E-state index in [1.54, 1.807) is 0 Å². The Kier molecular flexibility index (Phi) is 3.26. The van der Waals surface area contributed by atoms with Gasteiger partial charge >= 0.3 is 0 Å². The highest BCUT2D eigenvalue weighted by Gasteiger charge is 2.34. The Balaban J connectivity index is 2.53. The average molecular weight is 222 g/mol. The molecule has 0 spiro atoms. The lowest BCUT2D eigenvalue weighted by molar-refractivity contribution is 0.417. The van der Waals surface area contributed by atoms with Crippen molar-refractivity contribution in [3.05, 3.63) is 0 Å². The number of hydrogen-bond donors (Lipinski definition) is 1. The molecule has 0 radical (unpaired) electrons. The number of hydrogen-bond acceptors (Lipinski definition) is 3. The Labute approximate surface area is 84.1 Å².